The maximum Gasteiger partial charge on any atom is 0.264 e. The normalized spacial score (nSPS) is 22.4. The van der Waals surface area contributed by atoms with Gasteiger partial charge in [0.1, 0.15) is 5.54 Å². The molecule has 300 valence electrons. The second kappa shape index (κ2) is 16.8. The molecule has 10 nitrogen and oxygen atoms in total. The first-order chi connectivity index (χ1) is 27.5. The van der Waals surface area contributed by atoms with Gasteiger partial charge in [-0.05, 0) is 107 Å². The van der Waals surface area contributed by atoms with Crippen molar-refractivity contribution in [3.05, 3.63) is 125 Å². The van der Waals surface area contributed by atoms with Crippen molar-refractivity contribution in [3.63, 3.8) is 0 Å². The number of piperidine rings is 1. The van der Waals surface area contributed by atoms with Gasteiger partial charge in [0.25, 0.3) is 11.8 Å². The smallest absolute Gasteiger partial charge is 0.264 e. The van der Waals surface area contributed by atoms with E-state index >= 15 is 0 Å². The minimum absolute atomic E-state index is 0.0143. The van der Waals surface area contributed by atoms with Gasteiger partial charge in [0.2, 0.25) is 5.91 Å². The Morgan fingerprint density at radius 3 is 2.37 bits per heavy atom. The molecule has 0 aliphatic carbocycles. The summed E-state index contributed by atoms with van der Waals surface area (Å²) in [5, 5.41) is 26.3. The van der Waals surface area contributed by atoms with Crippen LogP contribution in [0.5, 0.6) is 0 Å². The fraction of sp³-hybridized carbons (Fsp3) is 0.426. The number of nitrogens with zero attached hydrogens (tertiary/aromatic N) is 4. The van der Waals surface area contributed by atoms with E-state index in [0.29, 0.717) is 56.0 Å². The molecular formula is C47H57N5O5. The predicted molar refractivity (Wildman–Crippen MR) is 226 cm³/mol. The molecule has 57 heavy (non-hydrogen) atoms. The van der Waals surface area contributed by atoms with Gasteiger partial charge in [-0.15, -0.1) is 0 Å². The summed E-state index contributed by atoms with van der Waals surface area (Å²) in [6.07, 6.45) is 11.5. The predicted octanol–water partition coefficient (Wildman–Crippen LogP) is 6.37. The molecule has 3 atom stereocenters. The third kappa shape index (κ3) is 7.70. The van der Waals surface area contributed by atoms with Crippen LogP contribution in [0.1, 0.15) is 76.5 Å². The lowest BCUT2D eigenvalue weighted by Gasteiger charge is -2.39. The van der Waals surface area contributed by atoms with Crippen LogP contribution in [-0.4, -0.2) is 77.3 Å². The lowest BCUT2D eigenvalue weighted by Crippen LogP contribution is -2.55. The van der Waals surface area contributed by atoms with Crippen molar-refractivity contribution in [2.24, 2.45) is 5.92 Å². The Morgan fingerprint density at radius 1 is 0.930 bits per heavy atom. The Bertz CT molecular complexity index is 2070. The molecule has 4 aliphatic rings. The van der Waals surface area contributed by atoms with E-state index in [4.69, 9.17) is 0 Å². The summed E-state index contributed by atoms with van der Waals surface area (Å²) >= 11 is 0. The summed E-state index contributed by atoms with van der Waals surface area (Å²) in [6.45, 7) is 10.4. The van der Waals surface area contributed by atoms with Crippen molar-refractivity contribution in [1.82, 2.24) is 10.2 Å². The first kappa shape index (κ1) is 40.2. The summed E-state index contributed by atoms with van der Waals surface area (Å²) in [5.74, 6) is -1.26. The third-order valence-electron chi connectivity index (χ3n) is 12.5. The quantitative estimate of drug-likeness (QED) is 0.183. The number of aliphatic hydroxyl groups is 2. The first-order valence-corrected chi connectivity index (χ1v) is 20.4. The molecule has 3 aromatic carbocycles. The molecule has 3 aromatic rings. The van der Waals surface area contributed by atoms with Crippen LogP contribution in [-0.2, 0) is 33.0 Å². The van der Waals surface area contributed by atoms with Gasteiger partial charge >= 0.3 is 0 Å². The molecule has 3 N–H and O–H groups in total. The molecule has 10 heteroatoms. The van der Waals surface area contributed by atoms with Crippen molar-refractivity contribution >= 4 is 34.8 Å². The number of aliphatic hydroxyl groups excluding tert-OH is 1. The molecule has 0 aromatic heterocycles. The van der Waals surface area contributed by atoms with E-state index in [9.17, 15) is 24.6 Å². The maximum absolute atomic E-state index is 14.6. The number of carbonyl (C=O) groups excluding carboxylic acids is 3. The third-order valence-corrected chi connectivity index (χ3v) is 12.5. The molecule has 2 saturated heterocycles. The van der Waals surface area contributed by atoms with Crippen molar-refractivity contribution in [2.45, 2.75) is 89.9 Å². The minimum Gasteiger partial charge on any atom is -0.394 e. The number of para-hydroxylation sites is 1. The number of nitrogens with one attached hydrogen (secondary N) is 1. The topological polar surface area (TPSA) is 117 Å². The molecule has 0 bridgehead atoms. The van der Waals surface area contributed by atoms with Crippen LogP contribution in [0, 0.1) is 5.92 Å². The van der Waals surface area contributed by atoms with Gasteiger partial charge < -0.3 is 30.2 Å². The monoisotopic (exact) mass is 771 g/mol. The van der Waals surface area contributed by atoms with Gasteiger partial charge in [-0.2, -0.15) is 0 Å². The fourth-order valence-electron chi connectivity index (χ4n) is 9.06. The zero-order valence-electron chi connectivity index (χ0n) is 33.8. The van der Waals surface area contributed by atoms with Crippen LogP contribution in [0.3, 0.4) is 0 Å². The Kier molecular flexibility index (Phi) is 11.9. The van der Waals surface area contributed by atoms with E-state index in [-0.39, 0.29) is 30.9 Å². The molecule has 4 aliphatic heterocycles. The number of rotatable bonds is 12. The standard InChI is InChI=1S/C47H57N5O5/c1-33(2)12-10-13-34(3)22-27-49-42-21-20-39(51-32-52(38-17-6-5-7-18-38)46(44(51)55)23-25-48-26-24-46)29-41(42)47(57,45(49)56)35(4)14-11-19-43(54)50-30-37-16-9-8-15-36(37)28-40(50)31-53/h5-9,11-12,14-18,20-22,29,35,40,48,53,57H,10,13,19,23-28,30-32H2,1-4H3/b14-11+,34-22+/t35-,40-,47+/m0/s1. The Morgan fingerprint density at radius 2 is 1.65 bits per heavy atom. The number of benzene rings is 3. The van der Waals surface area contributed by atoms with E-state index in [1.54, 1.807) is 33.8 Å². The average Bonchev–Trinajstić information content (AvgIpc) is 3.62. The second-order valence-corrected chi connectivity index (χ2v) is 16.4. The summed E-state index contributed by atoms with van der Waals surface area (Å²) < 4.78 is 0. The second-order valence-electron chi connectivity index (χ2n) is 16.4. The fourth-order valence-corrected chi connectivity index (χ4v) is 9.06. The van der Waals surface area contributed by atoms with E-state index in [1.165, 1.54) is 5.57 Å². The molecular weight excluding hydrogens is 715 g/mol. The zero-order valence-corrected chi connectivity index (χ0v) is 33.8. The van der Waals surface area contributed by atoms with Gasteiger partial charge in [0.15, 0.2) is 5.60 Å². The number of hydrogen-bond donors (Lipinski definition) is 3. The SMILES string of the molecule is CC(C)=CCC/C(C)=C/CN1C(=O)[C@@](O)([C@@H](C)/C=C/CC(=O)N2Cc3ccccc3C[C@H]2CO)c2cc(N3CN(c4ccccc4)C4(CCNCC4)C3=O)ccc21. The van der Waals surface area contributed by atoms with Crippen LogP contribution >= 0.6 is 0 Å². The van der Waals surface area contributed by atoms with Crippen molar-refractivity contribution in [1.29, 1.82) is 0 Å². The molecule has 2 fully saturated rings. The minimum atomic E-state index is -1.94. The zero-order chi connectivity index (χ0) is 40.3. The van der Waals surface area contributed by atoms with Crippen LogP contribution in [0.25, 0.3) is 0 Å². The summed E-state index contributed by atoms with van der Waals surface area (Å²) in [5.41, 5.74) is 4.64. The maximum atomic E-state index is 14.6. The molecule has 0 saturated carbocycles. The lowest BCUT2D eigenvalue weighted by molar-refractivity contribution is -0.139. The molecule has 0 unspecified atom stereocenters. The summed E-state index contributed by atoms with van der Waals surface area (Å²) in [4.78, 5) is 50.1. The van der Waals surface area contributed by atoms with Gasteiger partial charge in [0, 0.05) is 42.4 Å². The van der Waals surface area contributed by atoms with E-state index < -0.39 is 23.0 Å². The molecule has 0 radical (unpaired) electrons. The number of hydrogen-bond acceptors (Lipinski definition) is 7. The van der Waals surface area contributed by atoms with Crippen LogP contribution in [0.2, 0.25) is 0 Å². The molecule has 7 rings (SSSR count). The van der Waals surface area contributed by atoms with E-state index in [1.807, 2.05) is 72.8 Å². The number of fused-ring (bicyclic) bond motifs is 2. The number of allylic oxidation sites excluding steroid dienone is 3. The highest BCUT2D eigenvalue weighted by atomic mass is 16.3. The summed E-state index contributed by atoms with van der Waals surface area (Å²) in [6, 6.07) is 23.3. The molecule has 4 heterocycles. The number of carbonyl (C=O) groups is 3. The van der Waals surface area contributed by atoms with Crippen molar-refractivity contribution in [2.75, 3.05) is 47.6 Å². The van der Waals surface area contributed by atoms with E-state index in [2.05, 4.69) is 43.1 Å². The number of amides is 3. The van der Waals surface area contributed by atoms with Crippen LogP contribution < -0.4 is 20.0 Å². The molecule has 1 spiro atoms. The Balaban J connectivity index is 1.18. The highest BCUT2D eigenvalue weighted by Crippen LogP contribution is 2.48. The highest BCUT2D eigenvalue weighted by molar-refractivity contribution is 6.10. The largest absolute Gasteiger partial charge is 0.394 e. The van der Waals surface area contributed by atoms with Gasteiger partial charge in [-0.1, -0.05) is 84.8 Å². The van der Waals surface area contributed by atoms with Crippen molar-refractivity contribution in [3.8, 4) is 0 Å². The van der Waals surface area contributed by atoms with Gasteiger partial charge in [-0.3, -0.25) is 19.3 Å². The van der Waals surface area contributed by atoms with Gasteiger partial charge in [-0.25, -0.2) is 0 Å². The van der Waals surface area contributed by atoms with E-state index in [0.717, 1.165) is 48.3 Å². The molecule has 3 amide bonds. The highest BCUT2D eigenvalue weighted by Gasteiger charge is 2.55. The lowest BCUT2D eigenvalue weighted by atomic mass is 9.82. The Hall–Kier alpha value is -5.03. The first-order valence-electron chi connectivity index (χ1n) is 20.4. The number of anilines is 3. The summed E-state index contributed by atoms with van der Waals surface area (Å²) in [7, 11) is 0. The Labute approximate surface area is 337 Å². The van der Waals surface area contributed by atoms with Crippen LogP contribution in [0.15, 0.2) is 108 Å². The van der Waals surface area contributed by atoms with Crippen molar-refractivity contribution < 1.29 is 24.6 Å². The van der Waals surface area contributed by atoms with Crippen LogP contribution in [0.4, 0.5) is 17.1 Å². The van der Waals surface area contributed by atoms with Gasteiger partial charge in [0.05, 0.1) is 25.0 Å². The average molecular weight is 772 g/mol.